The normalized spacial score (nSPS) is 20.4. The van der Waals surface area contributed by atoms with Crippen LogP contribution in [0.25, 0.3) is 0 Å². The minimum Gasteiger partial charge on any atom is -0.488 e. The van der Waals surface area contributed by atoms with Crippen molar-refractivity contribution in [2.24, 2.45) is 0 Å². The molecule has 0 spiro atoms. The highest BCUT2D eigenvalue weighted by Crippen LogP contribution is 2.30. The first kappa shape index (κ1) is 20.2. The molecule has 1 aromatic heterocycles. The maximum Gasteiger partial charge on any atom is 0.278 e. The zero-order valence-corrected chi connectivity index (χ0v) is 17.3. The van der Waals surface area contributed by atoms with Crippen molar-refractivity contribution >= 4 is 29.3 Å². The molecule has 3 aliphatic rings. The molecule has 2 aliphatic heterocycles. The number of piperidine rings is 1. The molecule has 2 aromatic rings. The number of rotatable bonds is 5. The number of hydrogen-bond donors (Lipinski definition) is 2. The SMILES string of the molecule is O=C1CCC(N2Cc3cc(NC(=O)c4ncccc4OC4CCC4)ccc3C2=O)C(=O)N1. The second-order valence-electron chi connectivity index (χ2n) is 8.25. The first-order valence-corrected chi connectivity index (χ1v) is 10.7. The Bertz CT molecular complexity index is 1130. The number of ether oxygens (including phenoxy) is 1. The van der Waals surface area contributed by atoms with Crippen molar-refractivity contribution in [3.05, 3.63) is 53.3 Å². The molecule has 0 bridgehead atoms. The number of pyridine rings is 1. The lowest BCUT2D eigenvalue weighted by molar-refractivity contribution is -0.136. The van der Waals surface area contributed by atoms with E-state index in [1.54, 1.807) is 36.5 Å². The van der Waals surface area contributed by atoms with Gasteiger partial charge in [0, 0.05) is 30.4 Å². The van der Waals surface area contributed by atoms with E-state index in [9.17, 15) is 19.2 Å². The van der Waals surface area contributed by atoms with Crippen molar-refractivity contribution in [1.29, 1.82) is 0 Å². The van der Waals surface area contributed by atoms with Gasteiger partial charge in [0.05, 0.1) is 6.10 Å². The standard InChI is InChI=1S/C23H22N4O5/c28-19-9-8-17(21(29)26-19)27-12-13-11-14(6-7-16(13)23(27)31)25-22(30)20-18(5-2-10-24-20)32-15-3-1-4-15/h2,5-7,10-11,15,17H,1,3-4,8-9,12H2,(H,25,30)(H,26,28,29). The molecule has 1 unspecified atom stereocenters. The molecule has 0 radical (unpaired) electrons. The Hall–Kier alpha value is -3.75. The van der Waals surface area contributed by atoms with Gasteiger partial charge < -0.3 is 15.0 Å². The third-order valence-corrected chi connectivity index (χ3v) is 6.11. The molecular weight excluding hydrogens is 412 g/mol. The smallest absolute Gasteiger partial charge is 0.278 e. The van der Waals surface area contributed by atoms with Gasteiger partial charge in [-0.2, -0.15) is 0 Å². The lowest BCUT2D eigenvalue weighted by Gasteiger charge is -2.29. The van der Waals surface area contributed by atoms with Gasteiger partial charge >= 0.3 is 0 Å². The van der Waals surface area contributed by atoms with Gasteiger partial charge in [0.25, 0.3) is 11.8 Å². The van der Waals surface area contributed by atoms with E-state index in [-0.39, 0.29) is 36.6 Å². The number of nitrogens with one attached hydrogen (secondary N) is 2. The van der Waals surface area contributed by atoms with E-state index in [0.717, 1.165) is 19.3 Å². The van der Waals surface area contributed by atoms with Gasteiger partial charge in [-0.15, -0.1) is 0 Å². The van der Waals surface area contributed by atoms with Crippen LogP contribution in [0.3, 0.4) is 0 Å². The van der Waals surface area contributed by atoms with Crippen molar-refractivity contribution in [3.8, 4) is 5.75 Å². The van der Waals surface area contributed by atoms with Crippen molar-refractivity contribution in [2.45, 2.75) is 50.8 Å². The van der Waals surface area contributed by atoms with E-state index < -0.39 is 17.9 Å². The lowest BCUT2D eigenvalue weighted by atomic mass is 9.96. The summed E-state index contributed by atoms with van der Waals surface area (Å²) in [6, 6.07) is 7.81. The molecule has 1 saturated heterocycles. The molecular formula is C23H22N4O5. The number of nitrogens with zero attached hydrogens (tertiary/aromatic N) is 2. The summed E-state index contributed by atoms with van der Waals surface area (Å²) in [6.45, 7) is 0.240. The zero-order chi connectivity index (χ0) is 22.2. The van der Waals surface area contributed by atoms with Crippen LogP contribution in [-0.4, -0.2) is 45.7 Å². The number of amides is 4. The highest BCUT2D eigenvalue weighted by Gasteiger charge is 2.39. The second-order valence-corrected chi connectivity index (χ2v) is 8.25. The molecule has 5 rings (SSSR count). The third-order valence-electron chi connectivity index (χ3n) is 6.11. The first-order valence-electron chi connectivity index (χ1n) is 10.7. The van der Waals surface area contributed by atoms with Gasteiger partial charge in [0.1, 0.15) is 6.04 Å². The van der Waals surface area contributed by atoms with Crippen molar-refractivity contribution in [3.63, 3.8) is 0 Å². The first-order chi connectivity index (χ1) is 15.5. The Balaban J connectivity index is 1.31. The largest absolute Gasteiger partial charge is 0.488 e. The number of benzene rings is 1. The van der Waals surface area contributed by atoms with Crippen LogP contribution < -0.4 is 15.4 Å². The van der Waals surface area contributed by atoms with E-state index in [1.165, 1.54) is 4.90 Å². The van der Waals surface area contributed by atoms with Gasteiger partial charge in [-0.25, -0.2) is 4.98 Å². The molecule has 32 heavy (non-hydrogen) atoms. The van der Waals surface area contributed by atoms with Crippen molar-refractivity contribution < 1.29 is 23.9 Å². The summed E-state index contributed by atoms with van der Waals surface area (Å²) in [4.78, 5) is 54.9. The van der Waals surface area contributed by atoms with Gasteiger partial charge in [0.2, 0.25) is 11.8 Å². The van der Waals surface area contributed by atoms with Crippen LogP contribution in [-0.2, 0) is 16.1 Å². The Morgan fingerprint density at radius 1 is 1.16 bits per heavy atom. The van der Waals surface area contributed by atoms with Crippen LogP contribution in [0.5, 0.6) is 5.75 Å². The average molecular weight is 434 g/mol. The summed E-state index contributed by atoms with van der Waals surface area (Å²) >= 11 is 0. The lowest BCUT2D eigenvalue weighted by Crippen LogP contribution is -2.52. The summed E-state index contributed by atoms with van der Waals surface area (Å²) in [5.41, 5.74) is 1.93. The minimum atomic E-state index is -0.676. The summed E-state index contributed by atoms with van der Waals surface area (Å²) in [6.07, 6.45) is 5.23. The van der Waals surface area contributed by atoms with Crippen LogP contribution in [0.4, 0.5) is 5.69 Å². The molecule has 164 valence electrons. The van der Waals surface area contributed by atoms with Crippen LogP contribution in [0, 0.1) is 0 Å². The Morgan fingerprint density at radius 2 is 2.00 bits per heavy atom. The molecule has 1 aromatic carbocycles. The van der Waals surface area contributed by atoms with Crippen LogP contribution in [0.2, 0.25) is 0 Å². The average Bonchev–Trinajstić information content (AvgIpc) is 3.06. The third kappa shape index (κ3) is 3.70. The summed E-state index contributed by atoms with van der Waals surface area (Å²) in [7, 11) is 0. The summed E-state index contributed by atoms with van der Waals surface area (Å²) < 4.78 is 5.89. The minimum absolute atomic E-state index is 0.120. The van der Waals surface area contributed by atoms with Gasteiger partial charge in [-0.3, -0.25) is 24.5 Å². The quantitative estimate of drug-likeness (QED) is 0.696. The molecule has 1 aliphatic carbocycles. The van der Waals surface area contributed by atoms with E-state index >= 15 is 0 Å². The predicted molar refractivity (Wildman–Crippen MR) is 113 cm³/mol. The van der Waals surface area contributed by atoms with Crippen molar-refractivity contribution in [2.75, 3.05) is 5.32 Å². The number of anilines is 1. The molecule has 2 N–H and O–H groups in total. The maximum atomic E-state index is 12.9. The Labute approximate surface area is 184 Å². The molecule has 1 saturated carbocycles. The maximum absolute atomic E-state index is 12.9. The Morgan fingerprint density at radius 3 is 2.75 bits per heavy atom. The highest BCUT2D eigenvalue weighted by atomic mass is 16.5. The monoisotopic (exact) mass is 434 g/mol. The number of imide groups is 1. The number of carbonyl (C=O) groups excluding carboxylic acids is 4. The fourth-order valence-corrected chi connectivity index (χ4v) is 4.17. The summed E-state index contributed by atoms with van der Waals surface area (Å²) in [5, 5.41) is 5.11. The van der Waals surface area contributed by atoms with E-state index in [2.05, 4.69) is 15.6 Å². The highest BCUT2D eigenvalue weighted by molar-refractivity contribution is 6.07. The van der Waals surface area contributed by atoms with Crippen LogP contribution in [0.1, 0.15) is 58.5 Å². The zero-order valence-electron chi connectivity index (χ0n) is 17.3. The van der Waals surface area contributed by atoms with Crippen LogP contribution >= 0.6 is 0 Å². The fourth-order valence-electron chi connectivity index (χ4n) is 4.17. The topological polar surface area (TPSA) is 118 Å². The number of carbonyl (C=O) groups is 4. The van der Waals surface area contributed by atoms with Gasteiger partial charge in [-0.1, -0.05) is 0 Å². The van der Waals surface area contributed by atoms with E-state index in [0.29, 0.717) is 29.0 Å². The van der Waals surface area contributed by atoms with Gasteiger partial charge in [0.15, 0.2) is 11.4 Å². The van der Waals surface area contributed by atoms with E-state index in [1.807, 2.05) is 0 Å². The Kier molecular flexibility index (Phi) is 5.08. The summed E-state index contributed by atoms with van der Waals surface area (Å²) in [5.74, 6) is -0.977. The number of fused-ring (bicyclic) bond motifs is 1. The fraction of sp³-hybridized carbons (Fsp3) is 0.348. The van der Waals surface area contributed by atoms with E-state index in [4.69, 9.17) is 4.74 Å². The number of hydrogen-bond acceptors (Lipinski definition) is 6. The van der Waals surface area contributed by atoms with Crippen LogP contribution in [0.15, 0.2) is 36.5 Å². The molecule has 1 atom stereocenters. The van der Waals surface area contributed by atoms with Crippen molar-refractivity contribution in [1.82, 2.24) is 15.2 Å². The second kappa shape index (κ2) is 8.07. The molecule has 9 nitrogen and oxygen atoms in total. The van der Waals surface area contributed by atoms with Gasteiger partial charge in [-0.05, 0) is 61.6 Å². The molecule has 2 fully saturated rings. The molecule has 4 amide bonds. The molecule has 3 heterocycles. The predicted octanol–water partition coefficient (Wildman–Crippen LogP) is 2.03. The molecule has 9 heteroatoms. The number of aromatic nitrogens is 1.